The van der Waals surface area contributed by atoms with E-state index in [1.807, 2.05) is 26.0 Å². The van der Waals surface area contributed by atoms with Crippen LogP contribution in [0, 0.1) is 5.92 Å². The molecule has 0 radical (unpaired) electrons. The normalized spacial score (nSPS) is 18.1. The van der Waals surface area contributed by atoms with E-state index in [-0.39, 0.29) is 11.7 Å². The molecule has 2 heterocycles. The summed E-state index contributed by atoms with van der Waals surface area (Å²) in [4.78, 5) is 26.1. The zero-order valence-electron chi connectivity index (χ0n) is 18.3. The third-order valence-electron chi connectivity index (χ3n) is 6.18. The molecule has 1 aromatic carbocycles. The quantitative estimate of drug-likeness (QED) is 0.467. The van der Waals surface area contributed by atoms with Crippen LogP contribution in [0.15, 0.2) is 21.4 Å². The van der Waals surface area contributed by atoms with Gasteiger partial charge in [-0.3, -0.25) is 4.79 Å². The van der Waals surface area contributed by atoms with Crippen molar-refractivity contribution in [3.05, 3.63) is 39.3 Å². The van der Waals surface area contributed by atoms with Crippen LogP contribution >= 0.6 is 0 Å². The highest BCUT2D eigenvalue weighted by molar-refractivity contribution is 6.13. The van der Waals surface area contributed by atoms with Gasteiger partial charge in [-0.25, -0.2) is 4.79 Å². The Morgan fingerprint density at radius 2 is 1.97 bits per heavy atom. The Hall–Kier alpha value is -2.56. The van der Waals surface area contributed by atoms with Gasteiger partial charge < -0.3 is 13.9 Å². The molecule has 4 rings (SSSR count). The monoisotopic (exact) mass is 410 g/mol. The number of rotatable bonds is 5. The minimum Gasteiger partial charge on any atom is -0.495 e. The summed E-state index contributed by atoms with van der Waals surface area (Å²) in [6.45, 7) is 6.02. The van der Waals surface area contributed by atoms with Crippen LogP contribution in [0.4, 0.5) is 0 Å². The number of ether oxygens (including phenoxy) is 2. The van der Waals surface area contributed by atoms with Crippen molar-refractivity contribution < 1.29 is 18.7 Å². The van der Waals surface area contributed by atoms with E-state index >= 15 is 0 Å². The Kier molecular flexibility index (Phi) is 5.48. The fraction of sp³-hybridized carbons (Fsp3) is 0.520. The number of methoxy groups -OCH3 is 1. The largest absolute Gasteiger partial charge is 0.495 e. The maximum absolute atomic E-state index is 13.7. The van der Waals surface area contributed by atoms with E-state index in [2.05, 4.69) is 6.92 Å². The molecule has 30 heavy (non-hydrogen) atoms. The third-order valence-corrected chi connectivity index (χ3v) is 6.18. The van der Waals surface area contributed by atoms with Crippen molar-refractivity contribution in [2.45, 2.75) is 71.3 Å². The van der Waals surface area contributed by atoms with Crippen molar-refractivity contribution in [2.24, 2.45) is 5.92 Å². The molecule has 5 nitrogen and oxygen atoms in total. The minimum absolute atomic E-state index is 0.00869. The number of carbonyl (C=O) groups excluding carboxylic acids is 1. The Balaban J connectivity index is 2.08. The Labute approximate surface area is 177 Å². The van der Waals surface area contributed by atoms with E-state index in [4.69, 9.17) is 13.9 Å². The van der Waals surface area contributed by atoms with Gasteiger partial charge in [0.1, 0.15) is 22.7 Å². The summed E-state index contributed by atoms with van der Waals surface area (Å²) in [5, 5.41) is 0.726. The van der Waals surface area contributed by atoms with Crippen LogP contribution in [0.2, 0.25) is 0 Å². The van der Waals surface area contributed by atoms with Gasteiger partial charge in [0.2, 0.25) is 0 Å². The SMILES string of the molecule is CCCc1cc(=O)oc2c(C(=O)C3CCCCC3)c(OC)c3c(c12)OC(C)(C)C=C3. The summed E-state index contributed by atoms with van der Waals surface area (Å²) in [5.41, 5.74) is 1.33. The van der Waals surface area contributed by atoms with Crippen molar-refractivity contribution >= 4 is 22.8 Å². The fourth-order valence-corrected chi connectivity index (χ4v) is 4.75. The number of aryl methyl sites for hydroxylation is 1. The second kappa shape index (κ2) is 7.93. The highest BCUT2D eigenvalue weighted by Gasteiger charge is 2.35. The summed E-state index contributed by atoms with van der Waals surface area (Å²) < 4.78 is 17.8. The Bertz CT molecular complexity index is 1070. The lowest BCUT2D eigenvalue weighted by molar-refractivity contribution is 0.0887. The van der Waals surface area contributed by atoms with Gasteiger partial charge in [-0.1, -0.05) is 32.6 Å². The number of carbonyl (C=O) groups is 1. The smallest absolute Gasteiger partial charge is 0.336 e. The second-order valence-corrected chi connectivity index (χ2v) is 8.93. The van der Waals surface area contributed by atoms with Crippen molar-refractivity contribution in [3.8, 4) is 11.5 Å². The number of Topliss-reactive ketones (excluding diaryl/α,β-unsaturated/α-hetero) is 1. The predicted octanol–water partition coefficient (Wildman–Crippen LogP) is 5.70. The molecule has 1 saturated carbocycles. The molecular formula is C25H30O5. The summed E-state index contributed by atoms with van der Waals surface area (Å²) in [6, 6.07) is 1.53. The van der Waals surface area contributed by atoms with Gasteiger partial charge in [-0.15, -0.1) is 0 Å². The maximum Gasteiger partial charge on any atom is 0.336 e. The third kappa shape index (κ3) is 3.55. The van der Waals surface area contributed by atoms with E-state index in [1.165, 1.54) is 6.07 Å². The molecule has 1 aromatic heterocycles. The van der Waals surface area contributed by atoms with Gasteiger partial charge in [0.05, 0.1) is 18.1 Å². The minimum atomic E-state index is -0.514. The first-order valence-corrected chi connectivity index (χ1v) is 11.0. The van der Waals surface area contributed by atoms with Gasteiger partial charge in [-0.2, -0.15) is 0 Å². The first-order valence-electron chi connectivity index (χ1n) is 11.0. The van der Waals surface area contributed by atoms with Gasteiger partial charge >= 0.3 is 5.63 Å². The molecule has 0 saturated heterocycles. The molecule has 0 N–H and O–H groups in total. The number of hydrogen-bond acceptors (Lipinski definition) is 5. The van der Waals surface area contributed by atoms with Crippen LogP contribution in [0.25, 0.3) is 17.0 Å². The van der Waals surface area contributed by atoms with Crippen LogP contribution < -0.4 is 15.1 Å². The van der Waals surface area contributed by atoms with Crippen molar-refractivity contribution in [1.82, 2.24) is 0 Å². The van der Waals surface area contributed by atoms with E-state index in [9.17, 15) is 9.59 Å². The molecule has 2 aromatic rings. The van der Waals surface area contributed by atoms with E-state index < -0.39 is 11.2 Å². The lowest BCUT2D eigenvalue weighted by atomic mass is 9.82. The topological polar surface area (TPSA) is 65.7 Å². The highest BCUT2D eigenvalue weighted by atomic mass is 16.5. The van der Waals surface area contributed by atoms with Crippen molar-refractivity contribution in [2.75, 3.05) is 7.11 Å². The van der Waals surface area contributed by atoms with Gasteiger partial charge in [-0.05, 0) is 50.8 Å². The maximum atomic E-state index is 13.7. The molecule has 0 bridgehead atoms. The summed E-state index contributed by atoms with van der Waals surface area (Å²) in [5.74, 6) is 1.01. The van der Waals surface area contributed by atoms with Crippen LogP contribution in [0.5, 0.6) is 11.5 Å². The van der Waals surface area contributed by atoms with E-state index in [0.717, 1.165) is 55.0 Å². The van der Waals surface area contributed by atoms with Crippen molar-refractivity contribution in [1.29, 1.82) is 0 Å². The molecule has 0 atom stereocenters. The molecule has 0 unspecified atom stereocenters. The Morgan fingerprint density at radius 3 is 2.63 bits per heavy atom. The van der Waals surface area contributed by atoms with E-state index in [1.54, 1.807) is 7.11 Å². The number of fused-ring (bicyclic) bond motifs is 3. The molecule has 0 spiro atoms. The predicted molar refractivity (Wildman–Crippen MR) is 118 cm³/mol. The van der Waals surface area contributed by atoms with E-state index in [0.29, 0.717) is 29.1 Å². The molecule has 160 valence electrons. The summed E-state index contributed by atoms with van der Waals surface area (Å²) in [7, 11) is 1.56. The van der Waals surface area contributed by atoms with Gasteiger partial charge in [0.15, 0.2) is 11.4 Å². The zero-order valence-corrected chi connectivity index (χ0v) is 18.3. The fourth-order valence-electron chi connectivity index (χ4n) is 4.75. The van der Waals surface area contributed by atoms with Crippen LogP contribution in [-0.2, 0) is 6.42 Å². The lowest BCUT2D eigenvalue weighted by Crippen LogP contribution is -2.28. The second-order valence-electron chi connectivity index (χ2n) is 8.93. The highest BCUT2D eigenvalue weighted by Crippen LogP contribution is 2.47. The molecular weight excluding hydrogens is 380 g/mol. The number of hydrogen-bond donors (Lipinski definition) is 0. The molecule has 0 amide bonds. The standard InChI is InChI=1S/C25H30O5/c1-5-9-16-14-18(26)29-24-19(16)23-17(12-13-25(2,3)30-23)22(28-4)20(24)21(27)15-10-7-6-8-11-15/h12-15H,5-11H2,1-4H3. The molecule has 2 aliphatic rings. The first kappa shape index (κ1) is 20.7. The zero-order chi connectivity index (χ0) is 21.5. The van der Waals surface area contributed by atoms with Gasteiger partial charge in [0.25, 0.3) is 0 Å². The number of benzene rings is 1. The van der Waals surface area contributed by atoms with Crippen molar-refractivity contribution in [3.63, 3.8) is 0 Å². The summed E-state index contributed by atoms with van der Waals surface area (Å²) >= 11 is 0. The lowest BCUT2D eigenvalue weighted by Gasteiger charge is -2.31. The average Bonchev–Trinajstić information content (AvgIpc) is 2.72. The van der Waals surface area contributed by atoms with Crippen LogP contribution in [0.1, 0.15) is 80.8 Å². The summed E-state index contributed by atoms with van der Waals surface area (Å²) in [6.07, 6.45) is 10.5. The molecule has 1 aliphatic carbocycles. The van der Waals surface area contributed by atoms with Gasteiger partial charge in [0, 0.05) is 12.0 Å². The number of ketones is 1. The Morgan fingerprint density at radius 1 is 1.23 bits per heavy atom. The van der Waals surface area contributed by atoms with Crippen LogP contribution in [0.3, 0.4) is 0 Å². The molecule has 1 aliphatic heterocycles. The molecule has 5 heteroatoms. The van der Waals surface area contributed by atoms with Crippen LogP contribution in [-0.4, -0.2) is 18.5 Å². The molecule has 1 fully saturated rings. The first-order chi connectivity index (χ1) is 14.4. The average molecular weight is 411 g/mol.